The standard InChI is InChI=1S/C14H27N/c1-13(2,3)12-11-7-10(8-11)9-15(12)14(4,5)6/h10-12H,7-9H2,1-6H3. The number of hydrogen-bond acceptors (Lipinski definition) is 1. The van der Waals surface area contributed by atoms with Crippen LogP contribution in [-0.4, -0.2) is 23.0 Å². The van der Waals surface area contributed by atoms with E-state index < -0.39 is 0 Å². The molecule has 1 atom stereocenters. The lowest BCUT2D eigenvalue weighted by Crippen LogP contribution is -2.65. The second-order valence-corrected chi connectivity index (χ2v) is 7.73. The van der Waals surface area contributed by atoms with Crippen molar-refractivity contribution in [1.29, 1.82) is 0 Å². The molecule has 1 heteroatoms. The van der Waals surface area contributed by atoms with Crippen molar-refractivity contribution in [3.8, 4) is 0 Å². The highest BCUT2D eigenvalue weighted by Gasteiger charge is 2.51. The molecule has 2 bridgehead atoms. The van der Waals surface area contributed by atoms with Gasteiger partial charge in [0, 0.05) is 18.1 Å². The Bertz CT molecular complexity index is 237. The zero-order chi connectivity index (χ0) is 11.4. The van der Waals surface area contributed by atoms with Gasteiger partial charge in [-0.2, -0.15) is 0 Å². The van der Waals surface area contributed by atoms with Crippen LogP contribution in [0.3, 0.4) is 0 Å². The number of piperidine rings is 2. The van der Waals surface area contributed by atoms with E-state index in [1.807, 2.05) is 0 Å². The second kappa shape index (κ2) is 3.23. The summed E-state index contributed by atoms with van der Waals surface area (Å²) in [7, 11) is 0. The molecule has 0 aromatic rings. The molecule has 0 N–H and O–H groups in total. The van der Waals surface area contributed by atoms with Crippen molar-refractivity contribution in [3.63, 3.8) is 0 Å². The minimum Gasteiger partial charge on any atom is -0.294 e. The maximum atomic E-state index is 2.77. The van der Waals surface area contributed by atoms with E-state index in [1.165, 1.54) is 19.4 Å². The second-order valence-electron chi connectivity index (χ2n) is 7.73. The summed E-state index contributed by atoms with van der Waals surface area (Å²) < 4.78 is 0. The first-order valence-corrected chi connectivity index (χ1v) is 6.46. The lowest BCUT2D eigenvalue weighted by Gasteiger charge is -2.61. The molecule has 0 radical (unpaired) electrons. The number of rotatable bonds is 0. The highest BCUT2D eigenvalue weighted by Crippen LogP contribution is 2.50. The van der Waals surface area contributed by atoms with Gasteiger partial charge in [0.05, 0.1) is 0 Å². The average Bonchev–Trinajstić information content (AvgIpc) is 1.98. The summed E-state index contributed by atoms with van der Waals surface area (Å²) in [5, 5.41) is 0. The van der Waals surface area contributed by atoms with Crippen LogP contribution in [0, 0.1) is 17.3 Å². The van der Waals surface area contributed by atoms with Gasteiger partial charge < -0.3 is 0 Å². The first-order chi connectivity index (χ1) is 6.69. The number of hydrogen-bond donors (Lipinski definition) is 0. The Balaban J connectivity index is 2.22. The van der Waals surface area contributed by atoms with Crippen molar-refractivity contribution < 1.29 is 0 Å². The molecule has 3 fully saturated rings. The third-order valence-corrected chi connectivity index (χ3v) is 4.26. The predicted octanol–water partition coefficient (Wildman–Crippen LogP) is 3.54. The molecule has 0 aromatic heterocycles. The Kier molecular flexibility index (Phi) is 2.46. The van der Waals surface area contributed by atoms with Crippen LogP contribution in [0.5, 0.6) is 0 Å². The van der Waals surface area contributed by atoms with Crippen LogP contribution in [0.4, 0.5) is 0 Å². The third kappa shape index (κ3) is 1.95. The Labute approximate surface area is 95.2 Å². The fraction of sp³-hybridized carbons (Fsp3) is 1.00. The molecular weight excluding hydrogens is 182 g/mol. The summed E-state index contributed by atoms with van der Waals surface area (Å²) >= 11 is 0. The molecule has 2 saturated heterocycles. The normalized spacial score (nSPS) is 37.6. The van der Waals surface area contributed by atoms with Crippen molar-refractivity contribution in [2.75, 3.05) is 6.54 Å². The van der Waals surface area contributed by atoms with Crippen molar-refractivity contribution >= 4 is 0 Å². The predicted molar refractivity (Wildman–Crippen MR) is 65.9 cm³/mol. The largest absolute Gasteiger partial charge is 0.294 e. The van der Waals surface area contributed by atoms with Crippen LogP contribution < -0.4 is 0 Å². The topological polar surface area (TPSA) is 3.24 Å². The highest BCUT2D eigenvalue weighted by molar-refractivity contribution is 5.04. The van der Waals surface area contributed by atoms with Gasteiger partial charge in [-0.15, -0.1) is 0 Å². The molecule has 1 unspecified atom stereocenters. The van der Waals surface area contributed by atoms with Gasteiger partial charge in [-0.3, -0.25) is 4.90 Å². The van der Waals surface area contributed by atoms with Crippen molar-refractivity contribution in [2.24, 2.45) is 17.3 Å². The molecule has 0 spiro atoms. The maximum Gasteiger partial charge on any atom is 0.0177 e. The molecule has 2 heterocycles. The first-order valence-electron chi connectivity index (χ1n) is 6.46. The van der Waals surface area contributed by atoms with Gasteiger partial charge in [0.15, 0.2) is 0 Å². The SMILES string of the molecule is CC(C)(C)C1C2CC(C2)CN1C(C)(C)C. The quantitative estimate of drug-likeness (QED) is 0.590. The van der Waals surface area contributed by atoms with E-state index in [0.717, 1.165) is 17.9 Å². The van der Waals surface area contributed by atoms with E-state index in [2.05, 4.69) is 46.4 Å². The van der Waals surface area contributed by atoms with E-state index in [-0.39, 0.29) is 0 Å². The summed E-state index contributed by atoms with van der Waals surface area (Å²) in [4.78, 5) is 2.77. The Morgan fingerprint density at radius 1 is 0.933 bits per heavy atom. The zero-order valence-electron chi connectivity index (χ0n) is 11.3. The third-order valence-electron chi connectivity index (χ3n) is 4.26. The van der Waals surface area contributed by atoms with Gasteiger partial charge in [-0.05, 0) is 50.9 Å². The van der Waals surface area contributed by atoms with E-state index in [1.54, 1.807) is 0 Å². The van der Waals surface area contributed by atoms with Crippen LogP contribution in [0.15, 0.2) is 0 Å². The highest BCUT2D eigenvalue weighted by atomic mass is 15.2. The van der Waals surface area contributed by atoms with Gasteiger partial charge in [0.2, 0.25) is 0 Å². The molecule has 1 saturated carbocycles. The Morgan fingerprint density at radius 3 is 1.80 bits per heavy atom. The van der Waals surface area contributed by atoms with Crippen LogP contribution in [0.1, 0.15) is 54.4 Å². The Morgan fingerprint density at radius 2 is 1.47 bits per heavy atom. The lowest BCUT2D eigenvalue weighted by atomic mass is 9.60. The monoisotopic (exact) mass is 209 g/mol. The van der Waals surface area contributed by atoms with Gasteiger partial charge in [0.25, 0.3) is 0 Å². The smallest absolute Gasteiger partial charge is 0.0177 e. The van der Waals surface area contributed by atoms with Crippen LogP contribution in [0.25, 0.3) is 0 Å². The van der Waals surface area contributed by atoms with Crippen molar-refractivity contribution in [1.82, 2.24) is 4.90 Å². The van der Waals surface area contributed by atoms with Crippen molar-refractivity contribution in [3.05, 3.63) is 0 Å². The lowest BCUT2D eigenvalue weighted by molar-refractivity contribution is -0.115. The summed E-state index contributed by atoms with van der Waals surface area (Å²) in [5.74, 6) is 1.98. The van der Waals surface area contributed by atoms with Crippen LogP contribution in [-0.2, 0) is 0 Å². The van der Waals surface area contributed by atoms with Gasteiger partial charge >= 0.3 is 0 Å². The molecule has 1 aliphatic carbocycles. The fourth-order valence-corrected chi connectivity index (χ4v) is 3.71. The zero-order valence-corrected chi connectivity index (χ0v) is 11.3. The summed E-state index contributed by atoms with van der Waals surface area (Å²) in [5.41, 5.74) is 0.776. The maximum absolute atomic E-state index is 2.77. The fourth-order valence-electron chi connectivity index (χ4n) is 3.71. The molecular formula is C14H27N. The molecule has 15 heavy (non-hydrogen) atoms. The van der Waals surface area contributed by atoms with E-state index in [4.69, 9.17) is 0 Å². The van der Waals surface area contributed by atoms with E-state index in [9.17, 15) is 0 Å². The van der Waals surface area contributed by atoms with Crippen LogP contribution >= 0.6 is 0 Å². The molecule has 0 aromatic carbocycles. The Hall–Kier alpha value is -0.0400. The van der Waals surface area contributed by atoms with Crippen molar-refractivity contribution in [2.45, 2.75) is 66.0 Å². The minimum absolute atomic E-state index is 0.343. The average molecular weight is 209 g/mol. The van der Waals surface area contributed by atoms with Gasteiger partial charge in [-0.25, -0.2) is 0 Å². The minimum atomic E-state index is 0.343. The summed E-state index contributed by atoms with van der Waals surface area (Å²) in [6.07, 6.45) is 2.99. The van der Waals surface area contributed by atoms with Gasteiger partial charge in [0.1, 0.15) is 0 Å². The van der Waals surface area contributed by atoms with Gasteiger partial charge in [-0.1, -0.05) is 20.8 Å². The molecule has 3 aliphatic rings. The summed E-state index contributed by atoms with van der Waals surface area (Å²) in [6.45, 7) is 15.7. The molecule has 88 valence electrons. The van der Waals surface area contributed by atoms with E-state index in [0.29, 0.717) is 11.0 Å². The molecule has 2 aliphatic heterocycles. The van der Waals surface area contributed by atoms with E-state index >= 15 is 0 Å². The number of nitrogens with zero attached hydrogens (tertiary/aromatic N) is 1. The first kappa shape index (κ1) is 11.4. The van der Waals surface area contributed by atoms with Crippen LogP contribution in [0.2, 0.25) is 0 Å². The molecule has 0 amide bonds. The number of fused-ring (bicyclic) bond motifs is 2. The molecule has 3 rings (SSSR count). The summed E-state index contributed by atoms with van der Waals surface area (Å²) in [6, 6.07) is 0.794. The molecule has 1 nitrogen and oxygen atoms in total.